The first kappa shape index (κ1) is 17.8. The number of piperazine rings is 1. The molecular formula is C21H25N3O3. The SMILES string of the molecule is O=C(c1ccccc1OCC1CCCO1)N1CCN(c2ccncc2)CC1. The van der Waals surface area contributed by atoms with Gasteiger partial charge in [0.2, 0.25) is 0 Å². The van der Waals surface area contributed by atoms with E-state index in [0.29, 0.717) is 31.0 Å². The minimum Gasteiger partial charge on any atom is -0.490 e. The van der Waals surface area contributed by atoms with Gasteiger partial charge in [-0.15, -0.1) is 0 Å². The van der Waals surface area contributed by atoms with Crippen LogP contribution in [0.4, 0.5) is 5.69 Å². The Morgan fingerprint density at radius 2 is 1.89 bits per heavy atom. The number of carbonyl (C=O) groups excluding carboxylic acids is 1. The Bertz CT molecular complexity index is 754. The summed E-state index contributed by atoms with van der Waals surface area (Å²) in [4.78, 5) is 21.3. The van der Waals surface area contributed by atoms with Gasteiger partial charge < -0.3 is 19.3 Å². The number of benzene rings is 1. The molecule has 6 nitrogen and oxygen atoms in total. The molecule has 1 amide bonds. The fourth-order valence-electron chi connectivity index (χ4n) is 3.62. The van der Waals surface area contributed by atoms with E-state index in [9.17, 15) is 4.79 Å². The van der Waals surface area contributed by atoms with Crippen LogP contribution in [0.15, 0.2) is 48.8 Å². The number of hydrogen-bond acceptors (Lipinski definition) is 5. The van der Waals surface area contributed by atoms with E-state index < -0.39 is 0 Å². The van der Waals surface area contributed by atoms with Crippen LogP contribution in [0.3, 0.4) is 0 Å². The summed E-state index contributed by atoms with van der Waals surface area (Å²) in [5.41, 5.74) is 1.78. The lowest BCUT2D eigenvalue weighted by Crippen LogP contribution is -2.48. The number of amides is 1. The second kappa shape index (κ2) is 8.39. The molecule has 3 heterocycles. The third-order valence-electron chi connectivity index (χ3n) is 5.16. The Kier molecular flexibility index (Phi) is 5.53. The quantitative estimate of drug-likeness (QED) is 0.813. The molecule has 27 heavy (non-hydrogen) atoms. The van der Waals surface area contributed by atoms with Crippen molar-refractivity contribution < 1.29 is 14.3 Å². The molecule has 0 radical (unpaired) electrons. The summed E-state index contributed by atoms with van der Waals surface area (Å²) in [6.45, 7) is 4.32. The van der Waals surface area contributed by atoms with Crippen LogP contribution >= 0.6 is 0 Å². The van der Waals surface area contributed by atoms with Crippen LogP contribution in [0.5, 0.6) is 5.75 Å². The number of carbonyl (C=O) groups is 1. The maximum atomic E-state index is 13.0. The van der Waals surface area contributed by atoms with E-state index in [0.717, 1.165) is 38.2 Å². The zero-order chi connectivity index (χ0) is 18.5. The van der Waals surface area contributed by atoms with Gasteiger partial charge in [0.15, 0.2) is 0 Å². The maximum Gasteiger partial charge on any atom is 0.257 e. The monoisotopic (exact) mass is 367 g/mol. The third-order valence-corrected chi connectivity index (χ3v) is 5.16. The van der Waals surface area contributed by atoms with Crippen LogP contribution in [-0.2, 0) is 4.74 Å². The fraction of sp³-hybridized carbons (Fsp3) is 0.429. The molecule has 2 aromatic rings. The van der Waals surface area contributed by atoms with Crippen molar-refractivity contribution in [3.05, 3.63) is 54.4 Å². The van der Waals surface area contributed by atoms with Crippen molar-refractivity contribution in [2.75, 3.05) is 44.3 Å². The number of ether oxygens (including phenoxy) is 2. The highest BCUT2D eigenvalue weighted by Crippen LogP contribution is 2.23. The topological polar surface area (TPSA) is 54.9 Å². The van der Waals surface area contributed by atoms with E-state index in [1.54, 1.807) is 12.4 Å². The largest absolute Gasteiger partial charge is 0.490 e. The molecule has 2 aliphatic heterocycles. The van der Waals surface area contributed by atoms with Crippen LogP contribution in [0.2, 0.25) is 0 Å². The van der Waals surface area contributed by atoms with Crippen molar-refractivity contribution in [3.8, 4) is 5.75 Å². The molecule has 0 bridgehead atoms. The summed E-state index contributed by atoms with van der Waals surface area (Å²) >= 11 is 0. The average Bonchev–Trinajstić information content (AvgIpc) is 3.26. The van der Waals surface area contributed by atoms with E-state index in [1.807, 2.05) is 41.3 Å². The van der Waals surface area contributed by atoms with Crippen molar-refractivity contribution in [2.24, 2.45) is 0 Å². The van der Waals surface area contributed by atoms with Gasteiger partial charge in [0, 0.05) is 50.9 Å². The van der Waals surface area contributed by atoms with Gasteiger partial charge in [-0.3, -0.25) is 9.78 Å². The number of aromatic nitrogens is 1. The van der Waals surface area contributed by atoms with Gasteiger partial charge >= 0.3 is 0 Å². The lowest BCUT2D eigenvalue weighted by Gasteiger charge is -2.36. The number of anilines is 1. The van der Waals surface area contributed by atoms with E-state index in [-0.39, 0.29) is 12.0 Å². The molecule has 0 saturated carbocycles. The van der Waals surface area contributed by atoms with Gasteiger partial charge in [0.05, 0.1) is 11.7 Å². The molecule has 6 heteroatoms. The smallest absolute Gasteiger partial charge is 0.257 e. The van der Waals surface area contributed by atoms with E-state index >= 15 is 0 Å². The summed E-state index contributed by atoms with van der Waals surface area (Å²) in [5, 5.41) is 0. The number of hydrogen-bond donors (Lipinski definition) is 0. The molecule has 0 N–H and O–H groups in total. The van der Waals surface area contributed by atoms with Crippen molar-refractivity contribution in [1.29, 1.82) is 0 Å². The first-order valence-electron chi connectivity index (χ1n) is 9.59. The number of nitrogens with zero attached hydrogens (tertiary/aromatic N) is 3. The predicted molar refractivity (Wildman–Crippen MR) is 103 cm³/mol. The van der Waals surface area contributed by atoms with Crippen LogP contribution < -0.4 is 9.64 Å². The highest BCUT2D eigenvalue weighted by Gasteiger charge is 2.25. The zero-order valence-electron chi connectivity index (χ0n) is 15.4. The van der Waals surface area contributed by atoms with Gasteiger partial charge in [-0.2, -0.15) is 0 Å². The lowest BCUT2D eigenvalue weighted by atomic mass is 10.1. The van der Waals surface area contributed by atoms with E-state index in [4.69, 9.17) is 9.47 Å². The number of pyridine rings is 1. The second-order valence-electron chi connectivity index (χ2n) is 6.93. The van der Waals surface area contributed by atoms with Crippen molar-refractivity contribution >= 4 is 11.6 Å². The first-order chi connectivity index (χ1) is 13.3. The van der Waals surface area contributed by atoms with Crippen LogP contribution in [0.1, 0.15) is 23.2 Å². The zero-order valence-corrected chi connectivity index (χ0v) is 15.4. The molecule has 0 spiro atoms. The van der Waals surface area contributed by atoms with Gasteiger partial charge in [-0.25, -0.2) is 0 Å². The molecule has 1 atom stereocenters. The van der Waals surface area contributed by atoms with Crippen LogP contribution in [0.25, 0.3) is 0 Å². The van der Waals surface area contributed by atoms with E-state index in [2.05, 4.69) is 9.88 Å². The molecule has 2 saturated heterocycles. The third kappa shape index (κ3) is 4.22. The lowest BCUT2D eigenvalue weighted by molar-refractivity contribution is 0.0648. The van der Waals surface area contributed by atoms with Gasteiger partial charge in [0.25, 0.3) is 5.91 Å². The molecule has 1 aromatic heterocycles. The van der Waals surface area contributed by atoms with E-state index in [1.165, 1.54) is 0 Å². The summed E-state index contributed by atoms with van der Waals surface area (Å²) in [6.07, 6.45) is 5.84. The molecular weight excluding hydrogens is 342 g/mol. The Labute approximate surface area is 159 Å². The van der Waals surface area contributed by atoms with Crippen LogP contribution in [-0.4, -0.2) is 61.3 Å². The maximum absolute atomic E-state index is 13.0. The summed E-state index contributed by atoms with van der Waals surface area (Å²) in [7, 11) is 0. The Hall–Kier alpha value is -2.60. The Morgan fingerprint density at radius 3 is 2.63 bits per heavy atom. The molecule has 0 aliphatic carbocycles. The predicted octanol–water partition coefficient (Wildman–Crippen LogP) is 2.60. The standard InChI is InChI=1S/C21H25N3O3/c25-21(24-13-11-23(12-14-24)17-7-9-22-10-8-17)19-5-1-2-6-20(19)27-16-18-4-3-15-26-18/h1-2,5-10,18H,3-4,11-16H2. The molecule has 1 aromatic carbocycles. The van der Waals surface area contributed by atoms with Gasteiger partial charge in [-0.05, 0) is 37.1 Å². The molecule has 2 aliphatic rings. The first-order valence-corrected chi connectivity index (χ1v) is 9.59. The fourth-order valence-corrected chi connectivity index (χ4v) is 3.62. The highest BCUT2D eigenvalue weighted by molar-refractivity contribution is 5.97. The average molecular weight is 367 g/mol. The van der Waals surface area contributed by atoms with Gasteiger partial charge in [-0.1, -0.05) is 12.1 Å². The second-order valence-corrected chi connectivity index (χ2v) is 6.93. The van der Waals surface area contributed by atoms with Crippen molar-refractivity contribution in [3.63, 3.8) is 0 Å². The Balaban J connectivity index is 1.38. The van der Waals surface area contributed by atoms with Crippen LogP contribution in [0, 0.1) is 0 Å². The van der Waals surface area contributed by atoms with Crippen molar-refractivity contribution in [2.45, 2.75) is 18.9 Å². The molecule has 1 unspecified atom stereocenters. The van der Waals surface area contributed by atoms with Crippen molar-refractivity contribution in [1.82, 2.24) is 9.88 Å². The highest BCUT2D eigenvalue weighted by atomic mass is 16.5. The molecule has 4 rings (SSSR count). The van der Waals surface area contributed by atoms with Gasteiger partial charge in [0.1, 0.15) is 12.4 Å². The minimum atomic E-state index is 0.0346. The summed E-state index contributed by atoms with van der Waals surface area (Å²) in [6, 6.07) is 11.5. The Morgan fingerprint density at radius 1 is 1.11 bits per heavy atom. The summed E-state index contributed by atoms with van der Waals surface area (Å²) in [5.74, 6) is 0.682. The minimum absolute atomic E-state index is 0.0346. The molecule has 2 fully saturated rings. The molecule has 142 valence electrons. The summed E-state index contributed by atoms with van der Waals surface area (Å²) < 4.78 is 11.5. The number of rotatable bonds is 5. The number of para-hydroxylation sites is 1. The normalized spacial score (nSPS) is 19.9.